The van der Waals surface area contributed by atoms with E-state index in [-0.39, 0.29) is 5.97 Å². The van der Waals surface area contributed by atoms with Crippen LogP contribution in [0.3, 0.4) is 0 Å². The third-order valence-electron chi connectivity index (χ3n) is 4.56. The monoisotopic (exact) mass is 413 g/mol. The van der Waals surface area contributed by atoms with Crippen LogP contribution < -0.4 is 10.2 Å². The number of rotatable bonds is 3. The fraction of sp³-hybridized carbons (Fsp3) is 0.263. The van der Waals surface area contributed by atoms with Crippen molar-refractivity contribution >= 4 is 55.8 Å². The maximum Gasteiger partial charge on any atom is 0.337 e. The Kier molecular flexibility index (Phi) is 5.36. The molecule has 0 bridgehead atoms. The van der Waals surface area contributed by atoms with Gasteiger partial charge in [0.1, 0.15) is 5.82 Å². The first-order chi connectivity index (χ1) is 13.6. The zero-order valence-electron chi connectivity index (χ0n) is 15.3. The third kappa shape index (κ3) is 3.90. The van der Waals surface area contributed by atoms with E-state index in [0.717, 1.165) is 42.2 Å². The maximum atomic E-state index is 11.7. The molecule has 1 aromatic carbocycles. The topological polar surface area (TPSA) is 70.6 Å². The molecule has 3 aromatic rings. The van der Waals surface area contributed by atoms with Crippen molar-refractivity contribution in [1.82, 2.24) is 14.9 Å². The summed E-state index contributed by atoms with van der Waals surface area (Å²) in [6, 6.07) is 11.3. The lowest BCUT2D eigenvalue weighted by molar-refractivity contribution is 0.0601. The van der Waals surface area contributed by atoms with E-state index in [1.807, 2.05) is 30.5 Å². The summed E-state index contributed by atoms with van der Waals surface area (Å²) in [5.74, 6) is 0.639. The van der Waals surface area contributed by atoms with Crippen LogP contribution >= 0.6 is 23.6 Å². The molecule has 0 unspecified atom stereocenters. The number of methoxy groups -OCH3 is 1. The molecule has 1 saturated heterocycles. The summed E-state index contributed by atoms with van der Waals surface area (Å²) in [7, 11) is 1.37. The van der Waals surface area contributed by atoms with Crippen molar-refractivity contribution in [3.8, 4) is 0 Å². The molecule has 0 radical (unpaired) electrons. The Bertz CT molecular complexity index is 1000. The zero-order chi connectivity index (χ0) is 19.5. The summed E-state index contributed by atoms with van der Waals surface area (Å²) in [6.45, 7) is 3.36. The molecular formula is C19H19N5O2S2. The second-order valence-electron chi connectivity index (χ2n) is 6.29. The number of ether oxygens (including phenoxy) is 1. The standard InChI is InChI=1S/C19H19N5O2S2/c1-26-17(25)13-5-6-14-15(12-13)28-18(21-14)22-19(27)24-10-8-23(9-11-24)16-4-2-3-7-20-16/h2-7,12H,8-11H2,1H3,(H,21,22,27). The maximum absolute atomic E-state index is 11.7. The Morgan fingerprint density at radius 3 is 2.75 bits per heavy atom. The highest BCUT2D eigenvalue weighted by Crippen LogP contribution is 2.27. The van der Waals surface area contributed by atoms with Crippen molar-refractivity contribution < 1.29 is 9.53 Å². The Balaban J connectivity index is 1.39. The second kappa shape index (κ2) is 8.07. The van der Waals surface area contributed by atoms with E-state index in [1.165, 1.54) is 18.4 Å². The zero-order valence-corrected chi connectivity index (χ0v) is 16.9. The number of fused-ring (bicyclic) bond motifs is 1. The van der Waals surface area contributed by atoms with Crippen molar-refractivity contribution in [2.75, 3.05) is 43.5 Å². The van der Waals surface area contributed by atoms with Gasteiger partial charge in [-0.1, -0.05) is 17.4 Å². The van der Waals surface area contributed by atoms with E-state index >= 15 is 0 Å². The molecule has 28 heavy (non-hydrogen) atoms. The Hall–Kier alpha value is -2.78. The molecule has 9 heteroatoms. The number of nitrogens with zero attached hydrogens (tertiary/aromatic N) is 4. The van der Waals surface area contributed by atoms with Gasteiger partial charge in [0.05, 0.1) is 22.9 Å². The number of hydrogen-bond donors (Lipinski definition) is 1. The largest absolute Gasteiger partial charge is 0.465 e. The van der Waals surface area contributed by atoms with Gasteiger partial charge < -0.3 is 19.9 Å². The van der Waals surface area contributed by atoms with Gasteiger partial charge >= 0.3 is 5.97 Å². The van der Waals surface area contributed by atoms with Gasteiger partial charge in [-0.3, -0.25) is 0 Å². The van der Waals surface area contributed by atoms with Crippen LogP contribution in [0.4, 0.5) is 10.9 Å². The summed E-state index contributed by atoms with van der Waals surface area (Å²) >= 11 is 7.04. The average molecular weight is 414 g/mol. The first-order valence-corrected chi connectivity index (χ1v) is 10.1. The van der Waals surface area contributed by atoms with Gasteiger partial charge in [-0.05, 0) is 42.5 Å². The van der Waals surface area contributed by atoms with Gasteiger partial charge in [-0.25, -0.2) is 14.8 Å². The highest BCUT2D eigenvalue weighted by Gasteiger charge is 2.20. The van der Waals surface area contributed by atoms with E-state index in [2.05, 4.69) is 25.1 Å². The third-order valence-corrected chi connectivity index (χ3v) is 5.86. The van der Waals surface area contributed by atoms with Crippen LogP contribution in [0.5, 0.6) is 0 Å². The van der Waals surface area contributed by atoms with E-state index in [4.69, 9.17) is 17.0 Å². The van der Waals surface area contributed by atoms with Gasteiger partial charge in [0.2, 0.25) is 0 Å². The number of esters is 1. The highest BCUT2D eigenvalue weighted by molar-refractivity contribution is 7.80. The molecular weight excluding hydrogens is 394 g/mol. The highest BCUT2D eigenvalue weighted by atomic mass is 32.1. The molecule has 7 nitrogen and oxygen atoms in total. The van der Waals surface area contributed by atoms with Gasteiger partial charge in [-0.15, -0.1) is 0 Å². The quantitative estimate of drug-likeness (QED) is 0.519. The molecule has 1 N–H and O–H groups in total. The number of benzene rings is 1. The summed E-state index contributed by atoms with van der Waals surface area (Å²) in [5.41, 5.74) is 1.33. The van der Waals surface area contributed by atoms with Crippen LogP contribution in [0.15, 0.2) is 42.6 Å². The van der Waals surface area contributed by atoms with E-state index in [9.17, 15) is 4.79 Å². The molecule has 0 atom stereocenters. The Morgan fingerprint density at radius 2 is 2.04 bits per heavy atom. The number of thiazole rings is 1. The van der Waals surface area contributed by atoms with E-state index in [1.54, 1.807) is 12.1 Å². The number of thiocarbonyl (C=S) groups is 1. The minimum Gasteiger partial charge on any atom is -0.465 e. The van der Waals surface area contributed by atoms with Crippen molar-refractivity contribution in [2.45, 2.75) is 0 Å². The lowest BCUT2D eigenvalue weighted by atomic mass is 10.2. The predicted octanol–water partition coefficient (Wildman–Crippen LogP) is 3.00. The van der Waals surface area contributed by atoms with Crippen LogP contribution in [0.25, 0.3) is 10.2 Å². The molecule has 0 aliphatic carbocycles. The SMILES string of the molecule is COC(=O)c1ccc2nc(NC(=S)N3CCN(c4ccccn4)CC3)sc2c1. The summed E-state index contributed by atoms with van der Waals surface area (Å²) in [6.07, 6.45) is 1.81. The molecule has 1 aliphatic rings. The van der Waals surface area contributed by atoms with Gasteiger partial charge in [0.15, 0.2) is 10.2 Å². The number of nitrogens with one attached hydrogen (secondary N) is 1. The number of aromatic nitrogens is 2. The van der Waals surface area contributed by atoms with Crippen molar-refractivity contribution in [1.29, 1.82) is 0 Å². The van der Waals surface area contributed by atoms with Crippen molar-refractivity contribution in [2.24, 2.45) is 0 Å². The molecule has 1 fully saturated rings. The van der Waals surface area contributed by atoms with Crippen LogP contribution in [0.2, 0.25) is 0 Å². The number of carbonyl (C=O) groups excluding carboxylic acids is 1. The molecule has 3 heterocycles. The summed E-state index contributed by atoms with van der Waals surface area (Å²) in [5, 5.41) is 4.61. The Morgan fingerprint density at radius 1 is 1.21 bits per heavy atom. The number of piperazine rings is 1. The Labute approximate surface area is 172 Å². The minimum absolute atomic E-state index is 0.355. The molecule has 1 aliphatic heterocycles. The van der Waals surface area contributed by atoms with Crippen LogP contribution in [-0.4, -0.2) is 59.2 Å². The molecule has 2 aromatic heterocycles. The fourth-order valence-corrected chi connectivity index (χ4v) is 4.32. The van der Waals surface area contributed by atoms with Crippen molar-refractivity contribution in [3.63, 3.8) is 0 Å². The smallest absolute Gasteiger partial charge is 0.337 e. The molecule has 0 amide bonds. The van der Waals surface area contributed by atoms with E-state index in [0.29, 0.717) is 15.8 Å². The van der Waals surface area contributed by atoms with Crippen LogP contribution in [0.1, 0.15) is 10.4 Å². The lowest BCUT2D eigenvalue weighted by Gasteiger charge is -2.36. The molecule has 0 spiro atoms. The first kappa shape index (κ1) is 18.6. The number of anilines is 2. The van der Waals surface area contributed by atoms with Crippen LogP contribution in [-0.2, 0) is 4.74 Å². The van der Waals surface area contributed by atoms with Gasteiger partial charge in [-0.2, -0.15) is 0 Å². The minimum atomic E-state index is -0.355. The summed E-state index contributed by atoms with van der Waals surface area (Å²) < 4.78 is 5.68. The van der Waals surface area contributed by atoms with Gasteiger partial charge in [0, 0.05) is 32.4 Å². The van der Waals surface area contributed by atoms with Crippen molar-refractivity contribution in [3.05, 3.63) is 48.2 Å². The number of pyridine rings is 1. The first-order valence-electron chi connectivity index (χ1n) is 8.85. The fourth-order valence-electron chi connectivity index (χ4n) is 3.07. The molecule has 144 valence electrons. The van der Waals surface area contributed by atoms with Crippen LogP contribution in [0, 0.1) is 0 Å². The predicted molar refractivity (Wildman–Crippen MR) is 115 cm³/mol. The normalized spacial score (nSPS) is 14.2. The van der Waals surface area contributed by atoms with Gasteiger partial charge in [0.25, 0.3) is 0 Å². The molecule has 0 saturated carbocycles. The summed E-state index contributed by atoms with van der Waals surface area (Å²) in [4.78, 5) is 25.0. The average Bonchev–Trinajstić information content (AvgIpc) is 3.15. The second-order valence-corrected chi connectivity index (χ2v) is 7.70. The number of carbonyl (C=O) groups is 1. The van der Waals surface area contributed by atoms with E-state index < -0.39 is 0 Å². The number of hydrogen-bond acceptors (Lipinski definition) is 7. The lowest BCUT2D eigenvalue weighted by Crippen LogP contribution is -2.50. The molecule has 4 rings (SSSR count).